The van der Waals surface area contributed by atoms with E-state index in [4.69, 9.17) is 4.65 Å². The number of hydrogen-bond donors (Lipinski definition) is 2. The van der Waals surface area contributed by atoms with Gasteiger partial charge >= 0.3 is 7.12 Å². The molecule has 104 valence electrons. The van der Waals surface area contributed by atoms with Gasteiger partial charge in [-0.3, -0.25) is 4.79 Å². The molecule has 1 aromatic rings. The fourth-order valence-corrected chi connectivity index (χ4v) is 1.30. The van der Waals surface area contributed by atoms with Crippen LogP contribution in [0.1, 0.15) is 38.1 Å². The monoisotopic (exact) mass is 268 g/mol. The average Bonchev–Trinajstić information content (AvgIpc) is 2.27. The number of rotatable bonds is 5. The molecule has 0 atom stereocenters. The summed E-state index contributed by atoms with van der Waals surface area (Å²) < 4.78 is 18.6. The highest BCUT2D eigenvalue weighted by atomic mass is 19.1. The smallest absolute Gasteiger partial charge is 0.423 e. The normalized spacial score (nSPS) is 12.4. The molecule has 0 aromatic heterocycles. The minimum Gasteiger partial charge on any atom is -0.423 e. The van der Waals surface area contributed by atoms with Crippen LogP contribution in [0.5, 0.6) is 0 Å². The Morgan fingerprint density at radius 3 is 2.37 bits per heavy atom. The Balaban J connectivity index is 2.96. The molecular formula is C13H18BFO4. The molecule has 0 bridgehead atoms. The standard InChI is InChI=1S/C13H18BFO4/c1-12(2,17)13(3,4)19-14(18)10-5-6-11(15)9(7-10)8-16/h5-8,17-18H,1-4H3. The lowest BCUT2D eigenvalue weighted by Crippen LogP contribution is -2.53. The van der Waals surface area contributed by atoms with Gasteiger partial charge in [0.2, 0.25) is 0 Å². The summed E-state index contributed by atoms with van der Waals surface area (Å²) in [6, 6.07) is 3.63. The van der Waals surface area contributed by atoms with Crippen molar-refractivity contribution in [2.45, 2.75) is 38.9 Å². The Morgan fingerprint density at radius 2 is 1.89 bits per heavy atom. The second-order valence-electron chi connectivity index (χ2n) is 5.44. The molecule has 2 N–H and O–H groups in total. The van der Waals surface area contributed by atoms with Gasteiger partial charge in [-0.05, 0) is 45.3 Å². The molecule has 4 nitrogen and oxygen atoms in total. The number of aliphatic hydroxyl groups is 1. The van der Waals surface area contributed by atoms with Crippen molar-refractivity contribution in [3.63, 3.8) is 0 Å². The van der Waals surface area contributed by atoms with Gasteiger partial charge in [-0.1, -0.05) is 6.07 Å². The molecule has 0 fully saturated rings. The van der Waals surface area contributed by atoms with Crippen LogP contribution in [0.25, 0.3) is 0 Å². The van der Waals surface area contributed by atoms with Crippen molar-refractivity contribution in [3.8, 4) is 0 Å². The van der Waals surface area contributed by atoms with E-state index in [1.54, 1.807) is 27.7 Å². The predicted molar refractivity (Wildman–Crippen MR) is 70.9 cm³/mol. The van der Waals surface area contributed by atoms with Gasteiger partial charge in [0.15, 0.2) is 6.29 Å². The molecule has 1 aromatic carbocycles. The van der Waals surface area contributed by atoms with Crippen LogP contribution < -0.4 is 5.46 Å². The minimum absolute atomic E-state index is 0.152. The van der Waals surface area contributed by atoms with E-state index in [9.17, 15) is 19.3 Å². The van der Waals surface area contributed by atoms with Gasteiger partial charge in [0.1, 0.15) is 5.82 Å². The summed E-state index contributed by atoms with van der Waals surface area (Å²) in [6.45, 7) is 6.36. The molecule has 0 saturated heterocycles. The Labute approximate surface area is 112 Å². The summed E-state index contributed by atoms with van der Waals surface area (Å²) >= 11 is 0. The van der Waals surface area contributed by atoms with Crippen LogP contribution in [0.4, 0.5) is 4.39 Å². The number of carbonyl (C=O) groups excluding carboxylic acids is 1. The third kappa shape index (κ3) is 3.62. The fourth-order valence-electron chi connectivity index (χ4n) is 1.30. The van der Waals surface area contributed by atoms with Crippen molar-refractivity contribution in [2.24, 2.45) is 0 Å². The molecule has 0 heterocycles. The van der Waals surface area contributed by atoms with Crippen LogP contribution in [0.2, 0.25) is 0 Å². The molecule has 0 amide bonds. The summed E-state index contributed by atoms with van der Waals surface area (Å²) in [5, 5.41) is 19.9. The molecule has 0 saturated carbocycles. The van der Waals surface area contributed by atoms with Gasteiger partial charge in [0.05, 0.1) is 11.2 Å². The first-order valence-electron chi connectivity index (χ1n) is 5.91. The number of benzene rings is 1. The second-order valence-corrected chi connectivity index (χ2v) is 5.44. The predicted octanol–water partition coefficient (Wildman–Crippen LogP) is 0.892. The van der Waals surface area contributed by atoms with Gasteiger partial charge in [0, 0.05) is 5.56 Å². The molecule has 1 rings (SSSR count). The van der Waals surface area contributed by atoms with Crippen LogP contribution in [0.15, 0.2) is 18.2 Å². The highest BCUT2D eigenvalue weighted by molar-refractivity contribution is 6.60. The lowest BCUT2D eigenvalue weighted by Gasteiger charge is -2.38. The molecule has 0 aliphatic carbocycles. The first-order chi connectivity index (χ1) is 8.58. The first kappa shape index (κ1) is 15.8. The van der Waals surface area contributed by atoms with Crippen molar-refractivity contribution < 1.29 is 24.0 Å². The van der Waals surface area contributed by atoms with E-state index in [1.807, 2.05) is 0 Å². The highest BCUT2D eigenvalue weighted by Crippen LogP contribution is 2.25. The number of halogens is 1. The average molecular weight is 268 g/mol. The van der Waals surface area contributed by atoms with Crippen molar-refractivity contribution in [1.29, 1.82) is 0 Å². The van der Waals surface area contributed by atoms with Gasteiger partial charge in [-0.15, -0.1) is 0 Å². The number of hydrogen-bond acceptors (Lipinski definition) is 4. The summed E-state index contributed by atoms with van der Waals surface area (Å²) in [5.41, 5.74) is -2.11. The van der Waals surface area contributed by atoms with E-state index in [2.05, 4.69) is 0 Å². The molecule has 0 aliphatic rings. The van der Waals surface area contributed by atoms with E-state index in [-0.39, 0.29) is 11.0 Å². The summed E-state index contributed by atoms with van der Waals surface area (Å²) in [7, 11) is -1.36. The van der Waals surface area contributed by atoms with Crippen LogP contribution in [0, 0.1) is 5.82 Å². The zero-order chi connectivity index (χ0) is 14.8. The maximum absolute atomic E-state index is 13.2. The third-order valence-corrected chi connectivity index (χ3v) is 3.31. The van der Waals surface area contributed by atoms with Crippen LogP contribution in [-0.4, -0.2) is 34.7 Å². The summed E-state index contributed by atoms with van der Waals surface area (Å²) in [5.74, 6) is -0.660. The lowest BCUT2D eigenvalue weighted by molar-refractivity contribution is -0.0982. The zero-order valence-corrected chi connectivity index (χ0v) is 11.5. The third-order valence-electron chi connectivity index (χ3n) is 3.31. The van der Waals surface area contributed by atoms with Crippen molar-refractivity contribution >= 4 is 18.9 Å². The second kappa shape index (κ2) is 5.40. The lowest BCUT2D eigenvalue weighted by atomic mass is 9.76. The summed E-state index contributed by atoms with van der Waals surface area (Å²) in [4.78, 5) is 10.6. The quantitative estimate of drug-likeness (QED) is 0.615. The molecule has 0 unspecified atom stereocenters. The van der Waals surface area contributed by atoms with E-state index >= 15 is 0 Å². The Hall–Kier alpha value is -1.24. The van der Waals surface area contributed by atoms with Gasteiger partial charge < -0.3 is 14.8 Å². The molecule has 0 radical (unpaired) electrons. The van der Waals surface area contributed by atoms with Crippen LogP contribution in [-0.2, 0) is 4.65 Å². The van der Waals surface area contributed by atoms with Crippen LogP contribution >= 0.6 is 0 Å². The van der Waals surface area contributed by atoms with Gasteiger partial charge in [-0.25, -0.2) is 4.39 Å². The Bertz CT molecular complexity index is 468. The van der Waals surface area contributed by atoms with Crippen molar-refractivity contribution in [1.82, 2.24) is 0 Å². The molecule has 0 aliphatic heterocycles. The van der Waals surface area contributed by atoms with Crippen molar-refractivity contribution in [2.75, 3.05) is 0 Å². The van der Waals surface area contributed by atoms with E-state index in [0.29, 0.717) is 6.29 Å². The molecular weight excluding hydrogens is 250 g/mol. The zero-order valence-electron chi connectivity index (χ0n) is 11.5. The highest BCUT2D eigenvalue weighted by Gasteiger charge is 2.39. The van der Waals surface area contributed by atoms with Gasteiger partial charge in [-0.2, -0.15) is 0 Å². The fraction of sp³-hybridized carbons (Fsp3) is 0.462. The van der Waals surface area contributed by atoms with Crippen molar-refractivity contribution in [3.05, 3.63) is 29.6 Å². The maximum atomic E-state index is 13.2. The number of aldehydes is 1. The maximum Gasteiger partial charge on any atom is 0.491 e. The topological polar surface area (TPSA) is 66.8 Å². The van der Waals surface area contributed by atoms with Gasteiger partial charge in [0.25, 0.3) is 0 Å². The SMILES string of the molecule is CC(C)(O)C(C)(C)OB(O)c1ccc(F)c(C=O)c1. The van der Waals surface area contributed by atoms with E-state index in [0.717, 1.165) is 6.07 Å². The molecule has 0 spiro atoms. The Morgan fingerprint density at radius 1 is 1.32 bits per heavy atom. The Kier molecular flexibility index (Phi) is 4.50. The van der Waals surface area contributed by atoms with Crippen LogP contribution in [0.3, 0.4) is 0 Å². The van der Waals surface area contributed by atoms with E-state index in [1.165, 1.54) is 12.1 Å². The minimum atomic E-state index is -1.36. The van der Waals surface area contributed by atoms with E-state index < -0.39 is 24.1 Å². The molecule has 6 heteroatoms. The molecule has 19 heavy (non-hydrogen) atoms. The first-order valence-corrected chi connectivity index (χ1v) is 5.91. The summed E-state index contributed by atoms with van der Waals surface area (Å²) in [6.07, 6.45) is 0.368. The number of carbonyl (C=O) groups is 1. The largest absolute Gasteiger partial charge is 0.491 e.